The number of benzene rings is 2. The minimum atomic E-state index is -0.420. The van der Waals surface area contributed by atoms with Crippen LogP contribution in [0.2, 0.25) is 5.02 Å². The summed E-state index contributed by atoms with van der Waals surface area (Å²) in [4.78, 5) is 12.5. The van der Waals surface area contributed by atoms with Crippen LogP contribution < -0.4 is 19.5 Å². The topological polar surface area (TPSA) is 87.5 Å². The molecule has 0 radical (unpaired) electrons. The molecule has 2 aromatic carbocycles. The van der Waals surface area contributed by atoms with Crippen molar-refractivity contribution >= 4 is 35.0 Å². The highest BCUT2D eigenvalue weighted by Crippen LogP contribution is 2.36. The number of hydrogen-bond acceptors (Lipinski definition) is 7. The lowest BCUT2D eigenvalue weighted by Gasteiger charge is -2.26. The molecular formula is C22H21ClN4O4S. The number of methoxy groups -OCH3 is 1. The highest BCUT2D eigenvalue weighted by atomic mass is 35.5. The molecule has 0 saturated carbocycles. The second-order valence-corrected chi connectivity index (χ2v) is 8.16. The number of rotatable bonds is 8. The second kappa shape index (κ2) is 9.97. The van der Waals surface area contributed by atoms with Gasteiger partial charge in [0.05, 0.1) is 18.6 Å². The van der Waals surface area contributed by atoms with Gasteiger partial charge in [-0.1, -0.05) is 41.6 Å². The summed E-state index contributed by atoms with van der Waals surface area (Å²) in [5.74, 6) is 2.38. The summed E-state index contributed by atoms with van der Waals surface area (Å²) >= 11 is 7.29. The van der Waals surface area contributed by atoms with E-state index < -0.39 is 6.10 Å². The Kier molecular flexibility index (Phi) is 6.87. The lowest BCUT2D eigenvalue weighted by atomic mass is 10.2. The molecule has 1 amide bonds. The molecule has 10 heteroatoms. The Morgan fingerprint density at radius 3 is 2.94 bits per heavy atom. The fraction of sp³-hybridized carbons (Fsp3) is 0.227. The molecule has 1 unspecified atom stereocenters. The van der Waals surface area contributed by atoms with Gasteiger partial charge in [-0.2, -0.15) is 0 Å². The molecule has 1 aromatic heterocycles. The van der Waals surface area contributed by atoms with E-state index in [0.717, 1.165) is 0 Å². The van der Waals surface area contributed by atoms with Gasteiger partial charge in [0.2, 0.25) is 5.91 Å². The zero-order valence-corrected chi connectivity index (χ0v) is 18.9. The summed E-state index contributed by atoms with van der Waals surface area (Å²) in [5, 5.41) is 12.5. The molecule has 166 valence electrons. The number of fused-ring (bicyclic) bond motifs is 1. The van der Waals surface area contributed by atoms with Gasteiger partial charge in [0, 0.05) is 11.6 Å². The summed E-state index contributed by atoms with van der Waals surface area (Å²) < 4.78 is 19.0. The quantitative estimate of drug-likeness (QED) is 0.384. The van der Waals surface area contributed by atoms with Gasteiger partial charge < -0.3 is 19.5 Å². The second-order valence-electron chi connectivity index (χ2n) is 6.79. The van der Waals surface area contributed by atoms with Crippen molar-refractivity contribution < 1.29 is 19.0 Å². The third-order valence-corrected chi connectivity index (χ3v) is 5.82. The van der Waals surface area contributed by atoms with E-state index in [-0.39, 0.29) is 11.7 Å². The van der Waals surface area contributed by atoms with Crippen LogP contribution in [0.4, 0.5) is 5.69 Å². The molecule has 0 saturated heterocycles. The molecule has 1 aliphatic heterocycles. The van der Waals surface area contributed by atoms with E-state index >= 15 is 0 Å². The molecule has 4 rings (SSSR count). The van der Waals surface area contributed by atoms with E-state index in [1.165, 1.54) is 18.9 Å². The molecule has 32 heavy (non-hydrogen) atoms. The van der Waals surface area contributed by atoms with Crippen LogP contribution in [0.25, 0.3) is 0 Å². The summed E-state index contributed by atoms with van der Waals surface area (Å²) in [6.07, 6.45) is 1.32. The van der Waals surface area contributed by atoms with Crippen LogP contribution in [0.3, 0.4) is 0 Å². The van der Waals surface area contributed by atoms with Crippen molar-refractivity contribution in [3.05, 3.63) is 66.0 Å². The first-order chi connectivity index (χ1) is 15.6. The van der Waals surface area contributed by atoms with Crippen molar-refractivity contribution in [1.29, 1.82) is 0 Å². The minimum absolute atomic E-state index is 0.121. The molecule has 3 aromatic rings. The maximum Gasteiger partial charge on any atom is 0.234 e. The van der Waals surface area contributed by atoms with Crippen LogP contribution in [-0.2, 0) is 11.3 Å². The van der Waals surface area contributed by atoms with E-state index in [1.807, 2.05) is 28.8 Å². The fourth-order valence-electron chi connectivity index (χ4n) is 3.19. The smallest absolute Gasteiger partial charge is 0.234 e. The molecular weight excluding hydrogens is 452 g/mol. The highest BCUT2D eigenvalue weighted by Gasteiger charge is 2.28. The number of para-hydroxylation sites is 2. The lowest BCUT2D eigenvalue weighted by Crippen LogP contribution is -2.25. The van der Waals surface area contributed by atoms with Gasteiger partial charge in [-0.3, -0.25) is 9.36 Å². The first kappa shape index (κ1) is 22.0. The molecule has 1 aliphatic rings. The molecule has 0 aliphatic carbocycles. The summed E-state index contributed by atoms with van der Waals surface area (Å²) in [6.45, 7) is 4.59. The van der Waals surface area contributed by atoms with Gasteiger partial charge in [0.25, 0.3) is 0 Å². The Balaban J connectivity index is 1.46. The first-order valence-corrected chi connectivity index (χ1v) is 11.1. The monoisotopic (exact) mass is 472 g/mol. The average Bonchev–Trinajstić information content (AvgIpc) is 3.20. The number of carbonyl (C=O) groups is 1. The van der Waals surface area contributed by atoms with Gasteiger partial charge in [-0.15, -0.1) is 16.8 Å². The molecule has 0 bridgehead atoms. The SMILES string of the molecule is C=CCn1c(SCC(=O)Nc2cc(Cl)ccc2OC)nnc1C1COc2ccccc2O1. The van der Waals surface area contributed by atoms with Gasteiger partial charge in [0.15, 0.2) is 28.6 Å². The van der Waals surface area contributed by atoms with Gasteiger partial charge >= 0.3 is 0 Å². The van der Waals surface area contributed by atoms with E-state index in [2.05, 4.69) is 22.1 Å². The summed E-state index contributed by atoms with van der Waals surface area (Å²) in [7, 11) is 1.53. The Morgan fingerprint density at radius 2 is 2.16 bits per heavy atom. The number of thioether (sulfide) groups is 1. The Morgan fingerprint density at radius 1 is 1.34 bits per heavy atom. The Labute approximate surface area is 194 Å². The molecule has 1 atom stereocenters. The number of nitrogens with one attached hydrogen (secondary N) is 1. The van der Waals surface area contributed by atoms with Crippen LogP contribution in [0.1, 0.15) is 11.9 Å². The van der Waals surface area contributed by atoms with E-state index in [9.17, 15) is 4.79 Å². The van der Waals surface area contributed by atoms with Crippen LogP contribution in [-0.4, -0.2) is 40.1 Å². The number of halogens is 1. The largest absolute Gasteiger partial charge is 0.495 e. The summed E-state index contributed by atoms with van der Waals surface area (Å²) in [6, 6.07) is 12.5. The molecule has 2 heterocycles. The van der Waals surface area contributed by atoms with E-state index in [4.69, 9.17) is 25.8 Å². The molecule has 0 fully saturated rings. The Hall–Kier alpha value is -3.17. The fourth-order valence-corrected chi connectivity index (χ4v) is 4.11. The van der Waals surface area contributed by atoms with Crippen molar-refractivity contribution in [2.45, 2.75) is 17.8 Å². The number of hydrogen-bond donors (Lipinski definition) is 1. The maximum absolute atomic E-state index is 12.5. The molecule has 0 spiro atoms. The number of aromatic nitrogens is 3. The van der Waals surface area contributed by atoms with Crippen molar-refractivity contribution in [3.8, 4) is 17.2 Å². The first-order valence-electron chi connectivity index (χ1n) is 9.77. The Bertz CT molecular complexity index is 1140. The lowest BCUT2D eigenvalue weighted by molar-refractivity contribution is -0.113. The van der Waals surface area contributed by atoms with Crippen molar-refractivity contribution in [1.82, 2.24) is 14.8 Å². The number of anilines is 1. The normalized spacial score (nSPS) is 14.6. The number of allylic oxidation sites excluding steroid dienone is 1. The minimum Gasteiger partial charge on any atom is -0.495 e. The zero-order valence-electron chi connectivity index (χ0n) is 17.3. The van der Waals surface area contributed by atoms with Gasteiger partial charge in [-0.05, 0) is 30.3 Å². The molecule has 1 N–H and O–H groups in total. The maximum atomic E-state index is 12.5. The number of carbonyl (C=O) groups excluding carboxylic acids is 1. The van der Waals surface area contributed by atoms with Gasteiger partial charge in [0.1, 0.15) is 12.4 Å². The number of amides is 1. The van der Waals surface area contributed by atoms with E-state index in [0.29, 0.717) is 52.1 Å². The number of ether oxygens (including phenoxy) is 3. The van der Waals surface area contributed by atoms with Crippen LogP contribution in [0.5, 0.6) is 17.2 Å². The predicted octanol–water partition coefficient (Wildman–Crippen LogP) is 4.37. The van der Waals surface area contributed by atoms with Crippen molar-refractivity contribution in [2.75, 3.05) is 24.8 Å². The van der Waals surface area contributed by atoms with Crippen LogP contribution in [0, 0.1) is 0 Å². The van der Waals surface area contributed by atoms with Crippen molar-refractivity contribution in [3.63, 3.8) is 0 Å². The van der Waals surface area contributed by atoms with Crippen LogP contribution in [0.15, 0.2) is 60.3 Å². The summed E-state index contributed by atoms with van der Waals surface area (Å²) in [5.41, 5.74) is 0.505. The van der Waals surface area contributed by atoms with E-state index in [1.54, 1.807) is 24.3 Å². The third kappa shape index (κ3) is 4.84. The zero-order chi connectivity index (χ0) is 22.5. The van der Waals surface area contributed by atoms with Crippen LogP contribution >= 0.6 is 23.4 Å². The standard InChI is InChI=1S/C22H21ClN4O4S/c1-3-10-27-21(19-12-30-17-6-4-5-7-18(17)31-19)25-26-22(27)32-13-20(28)24-15-11-14(23)8-9-16(15)29-2/h3-9,11,19H,1,10,12-13H2,2H3,(H,24,28). The van der Waals surface area contributed by atoms with Crippen molar-refractivity contribution in [2.24, 2.45) is 0 Å². The average molecular weight is 473 g/mol. The molecule has 8 nitrogen and oxygen atoms in total. The third-order valence-electron chi connectivity index (χ3n) is 4.62. The number of nitrogens with zero attached hydrogens (tertiary/aromatic N) is 3. The predicted molar refractivity (Wildman–Crippen MR) is 123 cm³/mol. The van der Waals surface area contributed by atoms with Gasteiger partial charge in [-0.25, -0.2) is 0 Å². The highest BCUT2D eigenvalue weighted by molar-refractivity contribution is 7.99.